The molecule has 2 aromatic carbocycles. The molecule has 0 bridgehead atoms. The van der Waals surface area contributed by atoms with E-state index in [0.29, 0.717) is 25.1 Å². The van der Waals surface area contributed by atoms with E-state index in [9.17, 15) is 14.4 Å². The lowest BCUT2D eigenvalue weighted by atomic mass is 9.88. The van der Waals surface area contributed by atoms with Crippen molar-refractivity contribution >= 4 is 11.9 Å². The number of aromatic amines is 1. The maximum absolute atomic E-state index is 12.2. The number of esters is 2. The van der Waals surface area contributed by atoms with Crippen LogP contribution >= 0.6 is 0 Å². The zero-order valence-electron chi connectivity index (χ0n) is 20.6. The van der Waals surface area contributed by atoms with Crippen molar-refractivity contribution in [3.8, 4) is 5.75 Å². The molecule has 8 heteroatoms. The second-order valence-electron chi connectivity index (χ2n) is 9.53. The first kappa shape index (κ1) is 24.8. The minimum absolute atomic E-state index is 0.154. The molecule has 0 aliphatic carbocycles. The molecular weight excluding hydrogens is 472 g/mol. The quantitative estimate of drug-likeness (QED) is 0.353. The van der Waals surface area contributed by atoms with Gasteiger partial charge in [0, 0.05) is 37.7 Å². The molecule has 1 spiro atoms. The van der Waals surface area contributed by atoms with Gasteiger partial charge in [-0.15, -0.1) is 0 Å². The molecule has 0 saturated carbocycles. The minimum atomic E-state index is -1.48. The van der Waals surface area contributed by atoms with Crippen LogP contribution in [0, 0.1) is 5.92 Å². The van der Waals surface area contributed by atoms with Crippen LogP contribution < -0.4 is 10.3 Å². The van der Waals surface area contributed by atoms with Crippen LogP contribution in [-0.4, -0.2) is 40.9 Å². The lowest BCUT2D eigenvalue weighted by Gasteiger charge is -2.43. The van der Waals surface area contributed by atoms with Crippen LogP contribution in [0.1, 0.15) is 36.0 Å². The molecule has 2 saturated heterocycles. The Kier molecular flexibility index (Phi) is 7.37. The topological polar surface area (TPSA) is 97.9 Å². The highest BCUT2D eigenvalue weighted by molar-refractivity contribution is 6.31. The van der Waals surface area contributed by atoms with Gasteiger partial charge in [-0.05, 0) is 48.4 Å². The summed E-state index contributed by atoms with van der Waals surface area (Å²) in [5.41, 5.74) is 2.64. The maximum Gasteiger partial charge on any atom is 0.421 e. The number of nitrogens with one attached hydrogen (secondary N) is 1. The predicted octanol–water partition coefficient (Wildman–Crippen LogP) is 3.60. The second kappa shape index (κ2) is 11.0. The van der Waals surface area contributed by atoms with E-state index in [1.165, 1.54) is 5.56 Å². The summed E-state index contributed by atoms with van der Waals surface area (Å²) in [6.07, 6.45) is 5.16. The van der Waals surface area contributed by atoms with E-state index in [-0.39, 0.29) is 18.0 Å². The molecule has 0 radical (unpaired) electrons. The highest BCUT2D eigenvalue weighted by atomic mass is 16.8. The Hall–Kier alpha value is -3.91. The molecule has 1 atom stereocenters. The van der Waals surface area contributed by atoms with Gasteiger partial charge in [-0.25, -0.2) is 14.5 Å². The first-order chi connectivity index (χ1) is 18.0. The molecule has 2 fully saturated rings. The lowest BCUT2D eigenvalue weighted by molar-refractivity contribution is -0.274. The Balaban J connectivity index is 1.23. The number of benzene rings is 2. The molecular formula is C29H30N2O6. The fourth-order valence-corrected chi connectivity index (χ4v) is 5.08. The number of para-hydroxylation sites is 1. The Morgan fingerprint density at radius 3 is 2.41 bits per heavy atom. The number of nitrogens with zero attached hydrogens (tertiary/aromatic N) is 1. The SMILES string of the molecule is O=C1OC2(CC(CCc3ccccc3OCCc3ccccc3)CCN2Cc2ccc[nH]c2=O)OC1=O. The van der Waals surface area contributed by atoms with Gasteiger partial charge >= 0.3 is 17.8 Å². The average molecular weight is 503 g/mol. The van der Waals surface area contributed by atoms with Crippen LogP contribution in [-0.2, 0) is 38.4 Å². The summed E-state index contributed by atoms with van der Waals surface area (Å²) in [7, 11) is 0. The van der Waals surface area contributed by atoms with Gasteiger partial charge in [0.1, 0.15) is 5.75 Å². The van der Waals surface area contributed by atoms with Crippen molar-refractivity contribution in [1.82, 2.24) is 9.88 Å². The summed E-state index contributed by atoms with van der Waals surface area (Å²) in [6, 6.07) is 21.7. The van der Waals surface area contributed by atoms with Crippen LogP contribution in [0.15, 0.2) is 77.7 Å². The van der Waals surface area contributed by atoms with Crippen LogP contribution in [0.3, 0.4) is 0 Å². The zero-order chi connectivity index (χ0) is 25.7. The van der Waals surface area contributed by atoms with E-state index in [4.69, 9.17) is 14.2 Å². The first-order valence-electron chi connectivity index (χ1n) is 12.6. The highest BCUT2D eigenvalue weighted by Crippen LogP contribution is 2.40. The van der Waals surface area contributed by atoms with Gasteiger partial charge < -0.3 is 19.2 Å². The van der Waals surface area contributed by atoms with Crippen LogP contribution in [0.25, 0.3) is 0 Å². The summed E-state index contributed by atoms with van der Waals surface area (Å²) in [5.74, 6) is -2.45. The zero-order valence-corrected chi connectivity index (χ0v) is 20.6. The Labute approximate surface area is 215 Å². The summed E-state index contributed by atoms with van der Waals surface area (Å²) < 4.78 is 17.1. The number of carbonyl (C=O) groups is 2. The molecule has 1 N–H and O–H groups in total. The Morgan fingerprint density at radius 2 is 1.62 bits per heavy atom. The summed E-state index contributed by atoms with van der Waals surface area (Å²) in [4.78, 5) is 40.7. The first-order valence-corrected chi connectivity index (χ1v) is 12.6. The molecule has 1 aromatic heterocycles. The van der Waals surface area contributed by atoms with E-state index in [2.05, 4.69) is 23.2 Å². The van der Waals surface area contributed by atoms with Crippen molar-refractivity contribution in [3.63, 3.8) is 0 Å². The number of H-pyrrole nitrogens is 1. The van der Waals surface area contributed by atoms with Gasteiger partial charge in [0.25, 0.3) is 5.56 Å². The number of pyridine rings is 1. The van der Waals surface area contributed by atoms with E-state index < -0.39 is 17.8 Å². The fraction of sp³-hybridized carbons (Fsp3) is 0.345. The molecule has 1 unspecified atom stereocenters. The van der Waals surface area contributed by atoms with Gasteiger partial charge in [0.2, 0.25) is 0 Å². The van der Waals surface area contributed by atoms with Crippen LogP contribution in [0.4, 0.5) is 0 Å². The number of rotatable bonds is 9. The van der Waals surface area contributed by atoms with Crippen molar-refractivity contribution in [2.45, 2.75) is 44.6 Å². The van der Waals surface area contributed by atoms with Crippen LogP contribution in [0.2, 0.25) is 0 Å². The van der Waals surface area contributed by atoms with Gasteiger partial charge in [-0.3, -0.25) is 4.79 Å². The number of aromatic nitrogens is 1. The smallest absolute Gasteiger partial charge is 0.421 e. The number of aryl methyl sites for hydroxylation is 1. The summed E-state index contributed by atoms with van der Waals surface area (Å²) >= 11 is 0. The van der Waals surface area contributed by atoms with E-state index in [1.807, 2.05) is 36.4 Å². The molecule has 3 aromatic rings. The number of piperidine rings is 1. The molecule has 8 nitrogen and oxygen atoms in total. The largest absolute Gasteiger partial charge is 0.493 e. The van der Waals surface area contributed by atoms with Gasteiger partial charge in [-0.1, -0.05) is 54.6 Å². The molecule has 192 valence electrons. The second-order valence-corrected chi connectivity index (χ2v) is 9.53. The summed E-state index contributed by atoms with van der Waals surface area (Å²) in [6.45, 7) is 1.32. The van der Waals surface area contributed by atoms with Crippen LogP contribution in [0.5, 0.6) is 5.75 Å². The van der Waals surface area contributed by atoms with Crippen molar-refractivity contribution in [1.29, 1.82) is 0 Å². The van der Waals surface area contributed by atoms with Gasteiger partial charge in [0.05, 0.1) is 6.61 Å². The number of likely N-dealkylation sites (tertiary alicyclic amines) is 1. The molecule has 5 rings (SSSR count). The molecule has 0 amide bonds. The Bertz CT molecular complexity index is 1290. The minimum Gasteiger partial charge on any atom is -0.493 e. The highest BCUT2D eigenvalue weighted by Gasteiger charge is 2.55. The number of ether oxygens (including phenoxy) is 3. The average Bonchev–Trinajstić information content (AvgIpc) is 3.19. The van der Waals surface area contributed by atoms with Crippen molar-refractivity contribution in [3.05, 3.63) is 100.0 Å². The maximum atomic E-state index is 12.2. The molecule has 3 heterocycles. The fourth-order valence-electron chi connectivity index (χ4n) is 5.08. The number of carbonyl (C=O) groups excluding carboxylic acids is 2. The van der Waals surface area contributed by atoms with Crippen molar-refractivity contribution < 1.29 is 23.8 Å². The van der Waals surface area contributed by atoms with Crippen molar-refractivity contribution in [2.24, 2.45) is 5.92 Å². The van der Waals surface area contributed by atoms with Gasteiger partial charge in [0.15, 0.2) is 0 Å². The normalized spacial score (nSPS) is 19.0. The molecule has 2 aliphatic rings. The number of hydrogen-bond acceptors (Lipinski definition) is 7. The Morgan fingerprint density at radius 1 is 0.892 bits per heavy atom. The third-order valence-corrected chi connectivity index (χ3v) is 7.05. The number of hydrogen-bond donors (Lipinski definition) is 1. The molecule has 2 aliphatic heterocycles. The standard InChI is InChI=1S/C29H30N2O6/c32-26-24(10-6-16-30-26)20-31-17-14-22(19-29(31)36-27(33)28(34)37-29)12-13-23-9-4-5-11-25(23)35-18-15-21-7-2-1-3-8-21/h1-11,16,22H,12-15,17-20H2,(H,30,32). The van der Waals surface area contributed by atoms with Crippen molar-refractivity contribution in [2.75, 3.05) is 13.2 Å². The van der Waals surface area contributed by atoms with E-state index in [1.54, 1.807) is 23.2 Å². The monoisotopic (exact) mass is 502 g/mol. The third kappa shape index (κ3) is 5.75. The predicted molar refractivity (Wildman–Crippen MR) is 136 cm³/mol. The van der Waals surface area contributed by atoms with E-state index >= 15 is 0 Å². The summed E-state index contributed by atoms with van der Waals surface area (Å²) in [5, 5.41) is 0. The third-order valence-electron chi connectivity index (χ3n) is 7.05. The van der Waals surface area contributed by atoms with E-state index in [0.717, 1.165) is 37.0 Å². The lowest BCUT2D eigenvalue weighted by Crippen LogP contribution is -2.55. The molecule has 37 heavy (non-hydrogen) atoms. The van der Waals surface area contributed by atoms with Gasteiger partial charge in [-0.2, -0.15) is 0 Å².